The van der Waals surface area contributed by atoms with Crippen molar-refractivity contribution in [1.82, 2.24) is 0 Å². The molecule has 1 unspecified atom stereocenters. The molecule has 0 heterocycles. The molecule has 194 valence electrons. The van der Waals surface area contributed by atoms with Gasteiger partial charge in [-0.05, 0) is 110 Å². The summed E-state index contributed by atoms with van der Waals surface area (Å²) in [4.78, 5) is 0. The Hall–Kier alpha value is 0.830. The van der Waals surface area contributed by atoms with E-state index in [1.807, 2.05) is 0 Å². The van der Waals surface area contributed by atoms with Gasteiger partial charge in [-0.3, -0.25) is 0 Å². The van der Waals surface area contributed by atoms with Crippen molar-refractivity contribution in [3.05, 3.63) is 0 Å². The highest BCUT2D eigenvalue weighted by Gasteiger charge is 2.61. The third-order valence-electron chi connectivity index (χ3n) is 11.7. The Labute approximate surface area is 220 Å². The molecule has 1 nitrogen and oxygen atoms in total. The Morgan fingerprint density at radius 2 is 1.48 bits per heavy atom. The molecule has 4 rings (SSSR count). The highest BCUT2D eigenvalue weighted by atomic mass is 35.6. The quantitative estimate of drug-likeness (QED) is 0.357. The van der Waals surface area contributed by atoms with Gasteiger partial charge in [0.25, 0.3) is 0 Å². The number of rotatable bonds is 5. The number of alkyl halides is 3. The molecule has 0 aliphatic heterocycles. The second-order valence-electron chi connectivity index (χ2n) is 13.2. The molecule has 4 saturated carbocycles. The van der Waals surface area contributed by atoms with Crippen LogP contribution in [0.1, 0.15) is 112 Å². The van der Waals surface area contributed by atoms with Crippen LogP contribution in [-0.4, -0.2) is 15.5 Å². The van der Waals surface area contributed by atoms with Gasteiger partial charge in [-0.15, -0.1) is 0 Å². The van der Waals surface area contributed by atoms with Crippen LogP contribution >= 0.6 is 34.8 Å². The lowest BCUT2D eigenvalue weighted by atomic mass is 9.44. The van der Waals surface area contributed by atoms with Gasteiger partial charge in [0.1, 0.15) is 0 Å². The smallest absolute Gasteiger partial charge is 0.180 e. The third kappa shape index (κ3) is 5.72. The van der Waals surface area contributed by atoms with Crippen LogP contribution in [0.25, 0.3) is 0 Å². The highest BCUT2D eigenvalue weighted by Crippen LogP contribution is 2.68. The van der Waals surface area contributed by atoms with Crippen molar-refractivity contribution in [2.24, 2.45) is 58.2 Å². The van der Waals surface area contributed by atoms with E-state index in [1.165, 1.54) is 64.2 Å². The topological polar surface area (TPSA) is 20.2 Å². The Balaban J connectivity index is 0.000000709. The van der Waals surface area contributed by atoms with Crippen molar-refractivity contribution >= 4 is 34.8 Å². The van der Waals surface area contributed by atoms with Crippen molar-refractivity contribution in [1.29, 1.82) is 0 Å². The summed E-state index contributed by atoms with van der Waals surface area (Å²) < 4.78 is -0.750. The summed E-state index contributed by atoms with van der Waals surface area (Å²) in [7, 11) is 0. The number of aliphatic hydroxyl groups excluding tert-OH is 1. The minimum atomic E-state index is -0.750. The summed E-state index contributed by atoms with van der Waals surface area (Å²) in [5.41, 5.74) is 0.795. The number of aliphatic hydroxyl groups is 1. The van der Waals surface area contributed by atoms with E-state index < -0.39 is 4.30 Å². The van der Waals surface area contributed by atoms with E-state index >= 15 is 0 Å². The SMILES string of the molecule is CC(C)[C@@H](C)CC[C@@H](C)[C@H]1CC[C@H]2[C@H]3CC[C@H]4CCCC(O)[C@]4(C)[C@H]3CC[C@]12C.ClC(Cl)Cl. The fourth-order valence-corrected chi connectivity index (χ4v) is 9.35. The van der Waals surface area contributed by atoms with E-state index in [1.54, 1.807) is 0 Å². The van der Waals surface area contributed by atoms with Gasteiger partial charge < -0.3 is 5.11 Å². The van der Waals surface area contributed by atoms with Gasteiger partial charge in [-0.1, -0.05) is 95.6 Å². The summed E-state index contributed by atoms with van der Waals surface area (Å²) in [6.07, 6.45) is 15.1. The van der Waals surface area contributed by atoms with E-state index in [-0.39, 0.29) is 11.5 Å². The van der Waals surface area contributed by atoms with Crippen LogP contribution in [0.2, 0.25) is 0 Å². The zero-order valence-electron chi connectivity index (χ0n) is 22.1. The first-order valence-corrected chi connectivity index (χ1v) is 15.3. The van der Waals surface area contributed by atoms with Crippen LogP contribution in [-0.2, 0) is 0 Å². The van der Waals surface area contributed by atoms with Gasteiger partial charge in [-0.2, -0.15) is 0 Å². The number of hydrogen-bond acceptors (Lipinski definition) is 1. The maximum Gasteiger partial charge on any atom is 0.180 e. The average Bonchev–Trinajstić information content (AvgIpc) is 3.09. The average molecular weight is 522 g/mol. The van der Waals surface area contributed by atoms with Crippen LogP contribution < -0.4 is 0 Å². The second-order valence-corrected chi connectivity index (χ2v) is 15.2. The van der Waals surface area contributed by atoms with Gasteiger partial charge in [0, 0.05) is 0 Å². The lowest BCUT2D eigenvalue weighted by molar-refractivity contribution is -0.164. The number of halogens is 3. The molecule has 4 heteroatoms. The predicted octanol–water partition coefficient (Wildman–Crippen LogP) is 9.70. The molecule has 0 aromatic heterocycles. The Morgan fingerprint density at radius 1 is 0.818 bits per heavy atom. The zero-order valence-corrected chi connectivity index (χ0v) is 24.4. The molecule has 0 spiro atoms. The van der Waals surface area contributed by atoms with Crippen molar-refractivity contribution in [3.63, 3.8) is 0 Å². The Morgan fingerprint density at radius 3 is 2.12 bits per heavy atom. The van der Waals surface area contributed by atoms with Crippen LogP contribution in [0.5, 0.6) is 0 Å². The third-order valence-corrected chi connectivity index (χ3v) is 11.7. The van der Waals surface area contributed by atoms with E-state index in [4.69, 9.17) is 34.8 Å². The first-order valence-electron chi connectivity index (χ1n) is 14.0. The minimum absolute atomic E-state index is 0.0351. The van der Waals surface area contributed by atoms with Crippen molar-refractivity contribution in [3.8, 4) is 0 Å². The van der Waals surface area contributed by atoms with Crippen LogP contribution in [0, 0.1) is 58.2 Å². The fourth-order valence-electron chi connectivity index (χ4n) is 9.35. The van der Waals surface area contributed by atoms with E-state index in [9.17, 15) is 5.11 Å². The maximum absolute atomic E-state index is 11.1. The van der Waals surface area contributed by atoms with Crippen LogP contribution in [0.15, 0.2) is 0 Å². The van der Waals surface area contributed by atoms with E-state index in [2.05, 4.69) is 41.5 Å². The normalized spacial score (nSPS) is 44.4. The molecule has 33 heavy (non-hydrogen) atoms. The molecule has 4 aliphatic carbocycles. The zero-order chi connectivity index (χ0) is 24.6. The fraction of sp³-hybridized carbons (Fsp3) is 1.00. The van der Waals surface area contributed by atoms with E-state index in [0.29, 0.717) is 5.41 Å². The van der Waals surface area contributed by atoms with Gasteiger partial charge in [0.2, 0.25) is 0 Å². The highest BCUT2D eigenvalue weighted by molar-refractivity contribution is 6.63. The molecule has 0 aromatic carbocycles. The molecule has 0 bridgehead atoms. The van der Waals surface area contributed by atoms with E-state index in [0.717, 1.165) is 53.8 Å². The van der Waals surface area contributed by atoms with Crippen LogP contribution in [0.4, 0.5) is 0 Å². The summed E-state index contributed by atoms with van der Waals surface area (Å²) in [6, 6.07) is 0. The summed E-state index contributed by atoms with van der Waals surface area (Å²) >= 11 is 14.4. The molecule has 4 aliphatic rings. The molecular weight excluding hydrogens is 471 g/mol. The minimum Gasteiger partial charge on any atom is -0.393 e. The molecule has 0 radical (unpaired) electrons. The van der Waals surface area contributed by atoms with Gasteiger partial charge in [0.05, 0.1) is 6.10 Å². The summed E-state index contributed by atoms with van der Waals surface area (Å²) in [5.74, 6) is 6.93. The molecule has 0 amide bonds. The molecule has 4 fully saturated rings. The second kappa shape index (κ2) is 11.5. The molecule has 10 atom stereocenters. The Bertz CT molecular complexity index is 621. The number of hydrogen-bond donors (Lipinski definition) is 1. The molecule has 0 aromatic rings. The molecule has 1 N–H and O–H groups in total. The first-order chi connectivity index (χ1) is 15.4. The van der Waals surface area contributed by atoms with Crippen LogP contribution in [0.3, 0.4) is 0 Å². The van der Waals surface area contributed by atoms with Gasteiger partial charge in [-0.25, -0.2) is 0 Å². The molecular formula is C29H51Cl3O. The maximum atomic E-state index is 11.1. The van der Waals surface area contributed by atoms with Crippen molar-refractivity contribution in [2.45, 2.75) is 123 Å². The standard InChI is InChI=1S/C28H50O.CHCl3/c1-18(2)19(3)10-11-20(4)23-14-15-24-22-13-12-21-8-7-9-26(29)28(21,6)25(22)16-17-27(23,24)5;2-1(3)4/h18-26,29H,7-17H2,1-6H3;1H/t19-,20+,21+,22+,23+,24-,25-,26?,27+,28-;/m0./s1. The lowest BCUT2D eigenvalue weighted by Crippen LogP contribution is -2.57. The lowest BCUT2D eigenvalue weighted by Gasteiger charge is -2.62. The van der Waals surface area contributed by atoms with Crippen molar-refractivity contribution < 1.29 is 5.11 Å². The Kier molecular flexibility index (Phi) is 9.88. The predicted molar refractivity (Wildman–Crippen MR) is 145 cm³/mol. The number of fused-ring (bicyclic) bond motifs is 5. The summed E-state index contributed by atoms with van der Waals surface area (Å²) in [6.45, 7) is 15.0. The van der Waals surface area contributed by atoms with Gasteiger partial charge >= 0.3 is 0 Å². The largest absolute Gasteiger partial charge is 0.393 e. The molecule has 0 saturated heterocycles. The first kappa shape index (κ1) is 28.4. The van der Waals surface area contributed by atoms with Gasteiger partial charge in [0.15, 0.2) is 4.30 Å². The summed E-state index contributed by atoms with van der Waals surface area (Å²) in [5, 5.41) is 11.1. The monoisotopic (exact) mass is 520 g/mol. The van der Waals surface area contributed by atoms with Crippen molar-refractivity contribution in [2.75, 3.05) is 0 Å².